The van der Waals surface area contributed by atoms with Crippen LogP contribution in [-0.2, 0) is 0 Å². The number of aromatic amines is 1. The molecule has 2 N–H and O–H groups in total. The number of hydrogen-bond donors (Lipinski definition) is 2. The van der Waals surface area contributed by atoms with Gasteiger partial charge < -0.3 is 10.3 Å². The molecule has 12 heavy (non-hydrogen) atoms. The van der Waals surface area contributed by atoms with Crippen molar-refractivity contribution in [1.82, 2.24) is 9.97 Å². The molecule has 62 valence electrons. The fraction of sp³-hybridized carbons (Fsp3) is 0.222. The molecule has 1 aromatic heterocycles. The van der Waals surface area contributed by atoms with Crippen molar-refractivity contribution >= 4 is 16.7 Å². The standard InChI is InChI=1S/C9H11N3/c1-6-11-8-5-3-4-7(10-2)9(8)12-6/h3-5,10H,1-2H3,(H,11,12). The van der Waals surface area contributed by atoms with Crippen LogP contribution in [0.2, 0.25) is 0 Å². The lowest BCUT2D eigenvalue weighted by atomic mass is 10.3. The zero-order valence-electron chi connectivity index (χ0n) is 7.18. The quantitative estimate of drug-likeness (QED) is 0.670. The van der Waals surface area contributed by atoms with Gasteiger partial charge in [0.05, 0.1) is 11.2 Å². The third-order valence-corrected chi connectivity index (χ3v) is 1.90. The lowest BCUT2D eigenvalue weighted by Crippen LogP contribution is -1.88. The van der Waals surface area contributed by atoms with Gasteiger partial charge in [-0.3, -0.25) is 0 Å². The molecule has 0 bridgehead atoms. The number of nitrogens with one attached hydrogen (secondary N) is 2. The Bertz CT molecular complexity index is 403. The Kier molecular flexibility index (Phi) is 1.50. The number of benzene rings is 1. The van der Waals surface area contributed by atoms with Gasteiger partial charge in [0.15, 0.2) is 0 Å². The fourth-order valence-corrected chi connectivity index (χ4v) is 1.36. The van der Waals surface area contributed by atoms with Crippen LogP contribution >= 0.6 is 0 Å². The molecule has 0 saturated heterocycles. The maximum absolute atomic E-state index is 4.37. The molecular weight excluding hydrogens is 150 g/mol. The van der Waals surface area contributed by atoms with Crippen LogP contribution in [0.15, 0.2) is 18.2 Å². The van der Waals surface area contributed by atoms with Crippen molar-refractivity contribution in [2.24, 2.45) is 0 Å². The molecule has 0 aliphatic heterocycles. The first-order valence-electron chi connectivity index (χ1n) is 3.94. The van der Waals surface area contributed by atoms with E-state index in [1.165, 1.54) is 0 Å². The molecule has 2 rings (SSSR count). The van der Waals surface area contributed by atoms with Gasteiger partial charge >= 0.3 is 0 Å². The Morgan fingerprint density at radius 3 is 3.00 bits per heavy atom. The summed E-state index contributed by atoms with van der Waals surface area (Å²) >= 11 is 0. The molecule has 3 heteroatoms. The van der Waals surface area contributed by atoms with Crippen LogP contribution in [0, 0.1) is 6.92 Å². The minimum absolute atomic E-state index is 0.952. The maximum Gasteiger partial charge on any atom is 0.112 e. The highest BCUT2D eigenvalue weighted by atomic mass is 14.9. The topological polar surface area (TPSA) is 40.7 Å². The number of rotatable bonds is 1. The van der Waals surface area contributed by atoms with Gasteiger partial charge in [0.1, 0.15) is 11.3 Å². The highest BCUT2D eigenvalue weighted by Gasteiger charge is 2.01. The lowest BCUT2D eigenvalue weighted by molar-refractivity contribution is 1.17. The minimum Gasteiger partial charge on any atom is -0.386 e. The molecule has 1 aromatic carbocycles. The lowest BCUT2D eigenvalue weighted by Gasteiger charge is -1.98. The van der Waals surface area contributed by atoms with E-state index in [1.54, 1.807) is 0 Å². The van der Waals surface area contributed by atoms with Gasteiger partial charge in [-0.1, -0.05) is 6.07 Å². The van der Waals surface area contributed by atoms with Crippen molar-refractivity contribution in [3.63, 3.8) is 0 Å². The van der Waals surface area contributed by atoms with Gasteiger partial charge in [0, 0.05) is 7.05 Å². The number of imidazole rings is 1. The molecule has 0 amide bonds. The molecule has 0 unspecified atom stereocenters. The molecule has 3 nitrogen and oxygen atoms in total. The normalized spacial score (nSPS) is 10.5. The number of aryl methyl sites for hydroxylation is 1. The van der Waals surface area contributed by atoms with E-state index < -0.39 is 0 Å². The first kappa shape index (κ1) is 7.16. The highest BCUT2D eigenvalue weighted by Crippen LogP contribution is 2.19. The van der Waals surface area contributed by atoms with Crippen LogP contribution in [0.25, 0.3) is 11.0 Å². The van der Waals surface area contributed by atoms with E-state index in [9.17, 15) is 0 Å². The zero-order chi connectivity index (χ0) is 8.55. The van der Waals surface area contributed by atoms with Crippen molar-refractivity contribution in [2.45, 2.75) is 6.92 Å². The molecule has 0 saturated carbocycles. The van der Waals surface area contributed by atoms with Crippen molar-refractivity contribution < 1.29 is 0 Å². The van der Waals surface area contributed by atoms with Gasteiger partial charge in [0.25, 0.3) is 0 Å². The summed E-state index contributed by atoms with van der Waals surface area (Å²) in [5, 5.41) is 3.10. The molecule has 0 aliphatic carbocycles. The Balaban J connectivity index is 2.78. The molecular formula is C9H11N3. The summed E-state index contributed by atoms with van der Waals surface area (Å²) in [7, 11) is 1.90. The van der Waals surface area contributed by atoms with E-state index in [1.807, 2.05) is 32.2 Å². The first-order valence-corrected chi connectivity index (χ1v) is 3.94. The van der Waals surface area contributed by atoms with Gasteiger partial charge in [-0.2, -0.15) is 0 Å². The number of hydrogen-bond acceptors (Lipinski definition) is 2. The van der Waals surface area contributed by atoms with Gasteiger partial charge in [-0.15, -0.1) is 0 Å². The van der Waals surface area contributed by atoms with Crippen LogP contribution in [0.4, 0.5) is 5.69 Å². The Hall–Kier alpha value is -1.51. The van der Waals surface area contributed by atoms with Gasteiger partial charge in [-0.05, 0) is 19.1 Å². The van der Waals surface area contributed by atoms with Crippen LogP contribution < -0.4 is 5.32 Å². The van der Waals surface area contributed by atoms with E-state index in [2.05, 4.69) is 15.3 Å². The predicted octanol–water partition coefficient (Wildman–Crippen LogP) is 1.91. The molecule has 1 heterocycles. The second kappa shape index (κ2) is 2.52. The number of anilines is 1. The number of nitrogens with zero attached hydrogens (tertiary/aromatic N) is 1. The number of aromatic nitrogens is 2. The van der Waals surface area contributed by atoms with Crippen LogP contribution in [0.1, 0.15) is 5.82 Å². The Morgan fingerprint density at radius 2 is 2.25 bits per heavy atom. The number of para-hydroxylation sites is 1. The van der Waals surface area contributed by atoms with Crippen molar-refractivity contribution in [2.75, 3.05) is 12.4 Å². The van der Waals surface area contributed by atoms with Gasteiger partial charge in [-0.25, -0.2) is 4.98 Å². The summed E-state index contributed by atoms with van der Waals surface area (Å²) < 4.78 is 0. The van der Waals surface area contributed by atoms with Crippen LogP contribution in [-0.4, -0.2) is 17.0 Å². The summed E-state index contributed by atoms with van der Waals surface area (Å²) in [6.07, 6.45) is 0. The minimum atomic E-state index is 0.952. The summed E-state index contributed by atoms with van der Waals surface area (Å²) in [6, 6.07) is 6.05. The molecule has 0 fully saturated rings. The molecule has 0 aliphatic rings. The Morgan fingerprint density at radius 1 is 1.42 bits per heavy atom. The molecule has 0 radical (unpaired) electrons. The van der Waals surface area contributed by atoms with Crippen molar-refractivity contribution in [3.8, 4) is 0 Å². The van der Waals surface area contributed by atoms with Crippen molar-refractivity contribution in [3.05, 3.63) is 24.0 Å². The van der Waals surface area contributed by atoms with Crippen molar-refractivity contribution in [1.29, 1.82) is 0 Å². The second-order valence-electron chi connectivity index (χ2n) is 2.77. The summed E-state index contributed by atoms with van der Waals surface area (Å²) in [6.45, 7) is 1.96. The third kappa shape index (κ3) is 0.942. The van der Waals surface area contributed by atoms with Crippen LogP contribution in [0.5, 0.6) is 0 Å². The van der Waals surface area contributed by atoms with E-state index in [-0.39, 0.29) is 0 Å². The van der Waals surface area contributed by atoms with Gasteiger partial charge in [0.2, 0.25) is 0 Å². The molecule has 0 spiro atoms. The number of H-pyrrole nitrogens is 1. The van der Waals surface area contributed by atoms with E-state index in [0.717, 1.165) is 22.5 Å². The third-order valence-electron chi connectivity index (χ3n) is 1.90. The molecule has 0 atom stereocenters. The average molecular weight is 161 g/mol. The first-order chi connectivity index (χ1) is 5.81. The average Bonchev–Trinajstić information content (AvgIpc) is 2.44. The number of fused-ring (bicyclic) bond motifs is 1. The summed E-state index contributed by atoms with van der Waals surface area (Å²) in [5.41, 5.74) is 3.16. The predicted molar refractivity (Wildman–Crippen MR) is 50.4 cm³/mol. The van der Waals surface area contributed by atoms with E-state index >= 15 is 0 Å². The smallest absolute Gasteiger partial charge is 0.112 e. The van der Waals surface area contributed by atoms with Crippen LogP contribution in [0.3, 0.4) is 0 Å². The summed E-state index contributed by atoms with van der Waals surface area (Å²) in [5.74, 6) is 0.952. The maximum atomic E-state index is 4.37. The highest BCUT2D eigenvalue weighted by molar-refractivity contribution is 5.88. The Labute approximate surface area is 70.8 Å². The van der Waals surface area contributed by atoms with E-state index in [4.69, 9.17) is 0 Å². The second-order valence-corrected chi connectivity index (χ2v) is 2.77. The largest absolute Gasteiger partial charge is 0.386 e. The van der Waals surface area contributed by atoms with E-state index in [0.29, 0.717) is 0 Å². The summed E-state index contributed by atoms with van der Waals surface area (Å²) in [4.78, 5) is 7.55. The SMILES string of the molecule is CNc1cccc2[nH]c(C)nc12. The zero-order valence-corrected chi connectivity index (χ0v) is 7.18. The monoisotopic (exact) mass is 161 g/mol. The fourth-order valence-electron chi connectivity index (χ4n) is 1.36. The molecule has 2 aromatic rings.